The summed E-state index contributed by atoms with van der Waals surface area (Å²) in [5.41, 5.74) is 7.09. The van der Waals surface area contributed by atoms with Gasteiger partial charge in [0.05, 0.1) is 28.7 Å². The lowest BCUT2D eigenvalue weighted by atomic mass is 10.1. The molecule has 0 unspecified atom stereocenters. The van der Waals surface area contributed by atoms with Gasteiger partial charge in [0.2, 0.25) is 0 Å². The lowest BCUT2D eigenvalue weighted by Gasteiger charge is -2.13. The molecule has 9 heteroatoms. The van der Waals surface area contributed by atoms with Crippen LogP contribution in [0.25, 0.3) is 38.9 Å². The Morgan fingerprint density at radius 2 is 1.76 bits per heavy atom. The molecule has 0 aliphatic heterocycles. The average molecular weight is 594 g/mol. The van der Waals surface area contributed by atoms with Crippen LogP contribution >= 0.6 is 44.1 Å². The third kappa shape index (κ3) is 3.89. The highest BCUT2D eigenvalue weighted by atomic mass is 79.9. The minimum Gasteiger partial charge on any atom is -0.366 e. The number of rotatable bonds is 5. The van der Waals surface area contributed by atoms with E-state index in [1.54, 1.807) is 6.33 Å². The third-order valence-electron chi connectivity index (χ3n) is 5.78. The molecule has 3 aromatic carbocycles. The molecule has 0 aliphatic carbocycles. The summed E-state index contributed by atoms with van der Waals surface area (Å²) in [7, 11) is 0. The fourth-order valence-electron chi connectivity index (χ4n) is 4.24. The third-order valence-corrected chi connectivity index (χ3v) is 6.98. The van der Waals surface area contributed by atoms with Gasteiger partial charge in [-0.1, -0.05) is 37.9 Å². The Morgan fingerprint density at radius 3 is 2.62 bits per heavy atom. The van der Waals surface area contributed by atoms with E-state index in [1.165, 1.54) is 10.9 Å². The van der Waals surface area contributed by atoms with Gasteiger partial charge in [-0.15, -0.1) is 0 Å². The summed E-state index contributed by atoms with van der Waals surface area (Å²) in [4.78, 5) is 14.2. The maximum atomic E-state index is 5.81. The van der Waals surface area contributed by atoms with E-state index in [1.807, 2.05) is 24.4 Å². The molecule has 0 atom stereocenters. The van der Waals surface area contributed by atoms with Gasteiger partial charge < -0.3 is 20.3 Å². The van der Waals surface area contributed by atoms with Gasteiger partial charge >= 0.3 is 0 Å². The molecule has 0 bridgehead atoms. The highest BCUT2D eigenvalue weighted by Crippen LogP contribution is 2.35. The van der Waals surface area contributed by atoms with Crippen molar-refractivity contribution in [2.24, 2.45) is 0 Å². The number of benzene rings is 3. The quantitative estimate of drug-likeness (QED) is 0.155. The van der Waals surface area contributed by atoms with Gasteiger partial charge in [0.15, 0.2) is 4.77 Å². The minimum absolute atomic E-state index is 0.605. The minimum atomic E-state index is 0.605. The predicted octanol–water partition coefficient (Wildman–Crippen LogP) is 7.70. The molecule has 0 spiro atoms. The lowest BCUT2D eigenvalue weighted by molar-refractivity contribution is 1.04. The molecule has 3 heterocycles. The Kier molecular flexibility index (Phi) is 5.40. The van der Waals surface area contributed by atoms with Crippen molar-refractivity contribution in [3.05, 3.63) is 92.5 Å². The van der Waals surface area contributed by atoms with Crippen LogP contribution < -0.4 is 5.32 Å². The van der Waals surface area contributed by atoms with E-state index in [9.17, 15) is 0 Å². The second-order valence-electron chi connectivity index (χ2n) is 8.00. The van der Waals surface area contributed by atoms with Gasteiger partial charge in [0, 0.05) is 32.8 Å². The van der Waals surface area contributed by atoms with Crippen molar-refractivity contribution in [3.8, 4) is 16.9 Å². The number of aromatic amines is 3. The van der Waals surface area contributed by atoms with Crippen LogP contribution in [-0.2, 0) is 6.54 Å². The molecule has 0 saturated heterocycles. The number of hydrogen-bond acceptors (Lipinski definition) is 3. The Balaban J connectivity index is 1.47. The van der Waals surface area contributed by atoms with Crippen molar-refractivity contribution in [2.45, 2.75) is 6.54 Å². The van der Waals surface area contributed by atoms with Crippen molar-refractivity contribution in [2.75, 3.05) is 5.32 Å². The summed E-state index contributed by atoms with van der Waals surface area (Å²) >= 11 is 13.1. The van der Waals surface area contributed by atoms with Gasteiger partial charge in [0.25, 0.3) is 0 Å². The van der Waals surface area contributed by atoms with Crippen molar-refractivity contribution in [3.63, 3.8) is 0 Å². The van der Waals surface area contributed by atoms with Crippen LogP contribution in [-0.4, -0.2) is 24.5 Å². The molecule has 0 saturated carbocycles. The predicted molar refractivity (Wildman–Crippen MR) is 147 cm³/mol. The first kappa shape index (κ1) is 21.4. The molecular weight excluding hydrogens is 576 g/mol. The number of nitrogens with zero attached hydrogens (tertiary/aromatic N) is 2. The second kappa shape index (κ2) is 8.57. The molecule has 0 amide bonds. The van der Waals surface area contributed by atoms with Crippen LogP contribution in [0.5, 0.6) is 0 Å². The number of fused-ring (bicyclic) bond motifs is 2. The van der Waals surface area contributed by atoms with Gasteiger partial charge in [-0.3, -0.25) is 4.57 Å². The van der Waals surface area contributed by atoms with E-state index in [-0.39, 0.29) is 0 Å². The van der Waals surface area contributed by atoms with Crippen molar-refractivity contribution < 1.29 is 0 Å². The zero-order chi connectivity index (χ0) is 23.2. The number of imidazole rings is 2. The van der Waals surface area contributed by atoms with Gasteiger partial charge in [0.1, 0.15) is 5.82 Å². The number of aromatic nitrogens is 5. The summed E-state index contributed by atoms with van der Waals surface area (Å²) in [6.07, 6.45) is 3.66. The van der Waals surface area contributed by atoms with Crippen LogP contribution in [0.2, 0.25) is 0 Å². The van der Waals surface area contributed by atoms with E-state index in [2.05, 4.69) is 104 Å². The van der Waals surface area contributed by atoms with Gasteiger partial charge in [-0.25, -0.2) is 4.98 Å². The van der Waals surface area contributed by atoms with E-state index in [4.69, 9.17) is 12.2 Å². The Labute approximate surface area is 216 Å². The monoisotopic (exact) mass is 592 g/mol. The van der Waals surface area contributed by atoms with Gasteiger partial charge in [-0.2, -0.15) is 0 Å². The standard InChI is InChI=1S/C25H18Br2N6S/c26-17-8-16(9-18(27)10-17)23-24(29-12-14-1-3-20-15(7-14)5-6-28-20)32-25(34)33(23)19-2-4-21-22(11-19)31-13-30-21/h1-11,13,28-29H,12H2,(H,30,31)(H,32,34). The highest BCUT2D eigenvalue weighted by Gasteiger charge is 2.18. The molecule has 4 N–H and O–H groups in total. The van der Waals surface area contributed by atoms with Crippen LogP contribution in [0.3, 0.4) is 0 Å². The number of halogens is 2. The average Bonchev–Trinajstić information content (AvgIpc) is 3.54. The van der Waals surface area contributed by atoms with E-state index in [0.717, 1.165) is 48.3 Å². The number of hydrogen-bond donors (Lipinski definition) is 4. The summed E-state index contributed by atoms with van der Waals surface area (Å²) in [5, 5.41) is 4.77. The zero-order valence-electron chi connectivity index (χ0n) is 17.7. The number of anilines is 1. The van der Waals surface area contributed by atoms with E-state index < -0.39 is 0 Å². The fraction of sp³-hybridized carbons (Fsp3) is 0.0400. The largest absolute Gasteiger partial charge is 0.366 e. The molecule has 6 nitrogen and oxygen atoms in total. The van der Waals surface area contributed by atoms with Crippen LogP contribution in [0, 0.1) is 4.77 Å². The topological polar surface area (TPSA) is 77.2 Å². The highest BCUT2D eigenvalue weighted by molar-refractivity contribution is 9.11. The Morgan fingerprint density at radius 1 is 0.912 bits per heavy atom. The molecule has 34 heavy (non-hydrogen) atoms. The summed E-state index contributed by atoms with van der Waals surface area (Å²) in [5.74, 6) is 0.855. The normalized spacial score (nSPS) is 11.5. The zero-order valence-corrected chi connectivity index (χ0v) is 21.7. The van der Waals surface area contributed by atoms with Crippen LogP contribution in [0.1, 0.15) is 5.56 Å². The molecule has 0 fully saturated rings. The summed E-state index contributed by atoms with van der Waals surface area (Å²) in [6, 6.07) is 20.8. The second-order valence-corrected chi connectivity index (χ2v) is 10.2. The first-order valence-corrected chi connectivity index (χ1v) is 12.6. The molecule has 0 aliphatic rings. The first-order valence-electron chi connectivity index (χ1n) is 10.6. The fourth-order valence-corrected chi connectivity index (χ4v) is 5.83. The summed E-state index contributed by atoms with van der Waals surface area (Å²) < 4.78 is 4.61. The van der Waals surface area contributed by atoms with E-state index >= 15 is 0 Å². The van der Waals surface area contributed by atoms with Crippen molar-refractivity contribution in [1.82, 2.24) is 24.5 Å². The molecular formula is C25H18Br2N6S. The van der Waals surface area contributed by atoms with Crippen molar-refractivity contribution >= 4 is 71.8 Å². The smallest absolute Gasteiger partial charge is 0.183 e. The Bertz CT molecular complexity index is 1700. The van der Waals surface area contributed by atoms with Crippen LogP contribution in [0.4, 0.5) is 5.82 Å². The SMILES string of the molecule is S=c1[nH]c(NCc2ccc3[nH]ccc3c2)c(-c2cc(Br)cc(Br)c2)n1-c1ccc2nc[nH]c2c1. The molecule has 6 aromatic rings. The van der Waals surface area contributed by atoms with Gasteiger partial charge in [-0.05, 0) is 77.8 Å². The maximum Gasteiger partial charge on any atom is 0.183 e. The summed E-state index contributed by atoms with van der Waals surface area (Å²) in [6.45, 7) is 0.651. The van der Waals surface area contributed by atoms with Crippen LogP contribution in [0.15, 0.2) is 82.1 Å². The number of nitrogens with one attached hydrogen (secondary N) is 4. The Hall–Kier alpha value is -3.14. The molecule has 0 radical (unpaired) electrons. The lowest BCUT2D eigenvalue weighted by Crippen LogP contribution is -2.03. The molecule has 3 aromatic heterocycles. The molecule has 168 valence electrons. The van der Waals surface area contributed by atoms with Crippen molar-refractivity contribution in [1.29, 1.82) is 0 Å². The maximum absolute atomic E-state index is 5.81. The number of H-pyrrole nitrogens is 3. The molecule has 6 rings (SSSR count). The van der Waals surface area contributed by atoms with E-state index in [0.29, 0.717) is 11.3 Å². The first-order chi connectivity index (χ1) is 16.5.